The minimum Gasteiger partial charge on any atom is -0.0654 e. The summed E-state index contributed by atoms with van der Waals surface area (Å²) >= 11 is 0. The van der Waals surface area contributed by atoms with E-state index in [9.17, 15) is 0 Å². The van der Waals surface area contributed by atoms with E-state index in [2.05, 4.69) is 88.4 Å². The van der Waals surface area contributed by atoms with Gasteiger partial charge in [0.15, 0.2) is 0 Å². The molecule has 3 rings (SSSR count). The molecule has 0 radical (unpaired) electrons. The molecule has 0 nitrogen and oxygen atoms in total. The molecule has 0 heteroatoms. The summed E-state index contributed by atoms with van der Waals surface area (Å²) in [6.45, 7) is 9.92. The molecule has 0 spiro atoms. The van der Waals surface area contributed by atoms with E-state index in [1.165, 1.54) is 88.2 Å². The molecule has 0 amide bonds. The summed E-state index contributed by atoms with van der Waals surface area (Å²) in [5, 5.41) is 0. The van der Waals surface area contributed by atoms with Gasteiger partial charge in [-0.15, -0.1) is 0 Å². The second kappa shape index (κ2) is 13.4. The third-order valence-corrected chi connectivity index (χ3v) is 9.16. The minimum absolute atomic E-state index is 0.499. The van der Waals surface area contributed by atoms with Crippen molar-refractivity contribution in [2.45, 2.75) is 111 Å². The van der Waals surface area contributed by atoms with E-state index < -0.39 is 0 Å². The summed E-state index contributed by atoms with van der Waals surface area (Å²) in [4.78, 5) is 0. The van der Waals surface area contributed by atoms with Crippen molar-refractivity contribution in [2.24, 2.45) is 23.2 Å². The molecule has 0 N–H and O–H groups in total. The topological polar surface area (TPSA) is 0 Å². The zero-order valence-electron chi connectivity index (χ0n) is 22.1. The first-order chi connectivity index (χ1) is 16.1. The zero-order chi connectivity index (χ0) is 23.5. The molecular weight excluding hydrogens is 396 g/mol. The Morgan fingerprint density at radius 3 is 2.21 bits per heavy atom. The lowest BCUT2D eigenvalue weighted by atomic mass is 9.56. The Balaban J connectivity index is 1.84. The normalized spacial score (nSPS) is 24.1. The second-order valence-corrected chi connectivity index (χ2v) is 11.2. The molecule has 0 aliphatic heterocycles. The molecule has 182 valence electrons. The predicted molar refractivity (Wildman–Crippen MR) is 146 cm³/mol. The first kappa shape index (κ1) is 26.1. The van der Waals surface area contributed by atoms with Crippen molar-refractivity contribution >= 4 is 0 Å². The van der Waals surface area contributed by atoms with E-state index in [0.29, 0.717) is 11.3 Å². The molecule has 0 aromatic heterocycles. The fraction of sp³-hybridized carbons (Fsp3) is 0.636. The number of hydrogen-bond acceptors (Lipinski definition) is 0. The highest BCUT2D eigenvalue weighted by Crippen LogP contribution is 2.54. The largest absolute Gasteiger partial charge is 0.0654 e. The van der Waals surface area contributed by atoms with Gasteiger partial charge in [0, 0.05) is 0 Å². The third-order valence-electron chi connectivity index (χ3n) is 9.16. The summed E-state index contributed by atoms with van der Waals surface area (Å²) < 4.78 is 0. The molecule has 2 aromatic carbocycles. The van der Waals surface area contributed by atoms with Crippen LogP contribution in [0.4, 0.5) is 0 Å². The molecule has 0 heterocycles. The Hall–Kier alpha value is -1.56. The average molecular weight is 447 g/mol. The van der Waals surface area contributed by atoms with Gasteiger partial charge in [0.25, 0.3) is 0 Å². The Labute approximate surface area is 205 Å². The van der Waals surface area contributed by atoms with E-state index >= 15 is 0 Å². The van der Waals surface area contributed by atoms with Gasteiger partial charge in [0.1, 0.15) is 0 Å². The fourth-order valence-electron chi connectivity index (χ4n) is 7.26. The van der Waals surface area contributed by atoms with Crippen LogP contribution in [-0.4, -0.2) is 0 Å². The molecule has 5 unspecified atom stereocenters. The van der Waals surface area contributed by atoms with Gasteiger partial charge in [0.05, 0.1) is 0 Å². The summed E-state index contributed by atoms with van der Waals surface area (Å²) in [6.07, 6.45) is 16.7. The van der Waals surface area contributed by atoms with Gasteiger partial charge in [0.2, 0.25) is 0 Å². The molecule has 0 saturated heterocycles. The van der Waals surface area contributed by atoms with E-state index in [1.807, 2.05) is 0 Å². The van der Waals surface area contributed by atoms with Crippen molar-refractivity contribution in [3.63, 3.8) is 0 Å². The molecule has 1 saturated carbocycles. The van der Waals surface area contributed by atoms with Crippen LogP contribution in [0.15, 0.2) is 60.7 Å². The van der Waals surface area contributed by atoms with Crippen molar-refractivity contribution in [3.05, 3.63) is 71.8 Å². The Bertz CT molecular complexity index is 763. The monoisotopic (exact) mass is 446 g/mol. The maximum absolute atomic E-state index is 2.62. The molecule has 0 bridgehead atoms. The fourth-order valence-corrected chi connectivity index (χ4v) is 7.26. The summed E-state index contributed by atoms with van der Waals surface area (Å²) in [7, 11) is 0. The summed E-state index contributed by atoms with van der Waals surface area (Å²) in [6, 6.07) is 22.5. The molecule has 5 atom stereocenters. The number of rotatable bonds is 12. The lowest BCUT2D eigenvalue weighted by Crippen LogP contribution is -2.41. The SMILES string of the molecule is CCCC(CC)C1CCCCCC1(CCCC(C)c1ccccc1)C(C)Cc1ccccc1. The van der Waals surface area contributed by atoms with Gasteiger partial charge in [-0.2, -0.15) is 0 Å². The number of hydrogen-bond donors (Lipinski definition) is 0. The van der Waals surface area contributed by atoms with Crippen molar-refractivity contribution in [2.75, 3.05) is 0 Å². The van der Waals surface area contributed by atoms with E-state index in [0.717, 1.165) is 17.8 Å². The standard InChI is InChI=1S/C33H50/c1-5-17-30(6-2)32-23-14-9-15-24-33(32,28(4)26-29-19-10-7-11-20-29)25-16-18-27(3)31-21-12-8-13-22-31/h7-8,10-13,19-22,27-28,30,32H,5-6,9,14-18,23-26H2,1-4H3. The molecule has 1 aliphatic rings. The van der Waals surface area contributed by atoms with Crippen molar-refractivity contribution in [1.29, 1.82) is 0 Å². The van der Waals surface area contributed by atoms with Crippen LogP contribution in [0.1, 0.15) is 115 Å². The summed E-state index contributed by atoms with van der Waals surface area (Å²) in [5.41, 5.74) is 3.55. The summed E-state index contributed by atoms with van der Waals surface area (Å²) in [5.74, 6) is 3.21. The van der Waals surface area contributed by atoms with Crippen LogP contribution in [-0.2, 0) is 6.42 Å². The van der Waals surface area contributed by atoms with E-state index in [-0.39, 0.29) is 0 Å². The van der Waals surface area contributed by atoms with E-state index in [4.69, 9.17) is 0 Å². The van der Waals surface area contributed by atoms with Crippen LogP contribution in [0.3, 0.4) is 0 Å². The molecule has 33 heavy (non-hydrogen) atoms. The first-order valence-electron chi connectivity index (χ1n) is 14.2. The average Bonchev–Trinajstić information content (AvgIpc) is 3.07. The van der Waals surface area contributed by atoms with Gasteiger partial charge in [-0.05, 0) is 72.3 Å². The Morgan fingerprint density at radius 2 is 1.55 bits per heavy atom. The molecule has 1 fully saturated rings. The highest BCUT2D eigenvalue weighted by Gasteiger charge is 2.45. The van der Waals surface area contributed by atoms with Gasteiger partial charge in [-0.1, -0.05) is 133 Å². The lowest BCUT2D eigenvalue weighted by molar-refractivity contribution is 0.0120. The Kier molecular flexibility index (Phi) is 10.5. The van der Waals surface area contributed by atoms with Crippen LogP contribution in [0.5, 0.6) is 0 Å². The molecular formula is C33H50. The highest BCUT2D eigenvalue weighted by molar-refractivity contribution is 5.19. The first-order valence-corrected chi connectivity index (χ1v) is 14.2. The number of benzene rings is 2. The second-order valence-electron chi connectivity index (χ2n) is 11.2. The quantitative estimate of drug-likeness (QED) is 0.284. The van der Waals surface area contributed by atoms with Crippen molar-refractivity contribution in [3.8, 4) is 0 Å². The van der Waals surface area contributed by atoms with Crippen LogP contribution < -0.4 is 0 Å². The minimum atomic E-state index is 0.499. The van der Waals surface area contributed by atoms with Crippen molar-refractivity contribution in [1.82, 2.24) is 0 Å². The molecule has 2 aromatic rings. The molecule has 1 aliphatic carbocycles. The van der Waals surface area contributed by atoms with Gasteiger partial charge >= 0.3 is 0 Å². The van der Waals surface area contributed by atoms with Crippen LogP contribution in [0.2, 0.25) is 0 Å². The lowest BCUT2D eigenvalue weighted by Gasteiger charge is -2.49. The van der Waals surface area contributed by atoms with Crippen LogP contribution in [0.25, 0.3) is 0 Å². The van der Waals surface area contributed by atoms with Crippen LogP contribution >= 0.6 is 0 Å². The van der Waals surface area contributed by atoms with Gasteiger partial charge < -0.3 is 0 Å². The maximum atomic E-state index is 2.62. The zero-order valence-corrected chi connectivity index (χ0v) is 22.1. The van der Waals surface area contributed by atoms with E-state index in [1.54, 1.807) is 0 Å². The van der Waals surface area contributed by atoms with Crippen molar-refractivity contribution < 1.29 is 0 Å². The maximum Gasteiger partial charge on any atom is -0.0190 e. The highest BCUT2D eigenvalue weighted by atomic mass is 14.5. The van der Waals surface area contributed by atoms with Gasteiger partial charge in [-0.3, -0.25) is 0 Å². The smallest absolute Gasteiger partial charge is 0.0190 e. The van der Waals surface area contributed by atoms with Gasteiger partial charge in [-0.25, -0.2) is 0 Å². The predicted octanol–water partition coefficient (Wildman–Crippen LogP) is 10.2. The van der Waals surface area contributed by atoms with Crippen LogP contribution in [0, 0.1) is 23.2 Å². The third kappa shape index (κ3) is 6.97. The Morgan fingerprint density at radius 1 is 0.848 bits per heavy atom.